The number of carbonyl (C=O) groups is 2. The van der Waals surface area contributed by atoms with Gasteiger partial charge in [-0.3, -0.25) is 9.36 Å². The number of aliphatic carboxylic acids is 1. The molecule has 1 saturated heterocycles. The van der Waals surface area contributed by atoms with Crippen molar-refractivity contribution in [3.63, 3.8) is 0 Å². The van der Waals surface area contributed by atoms with Gasteiger partial charge < -0.3 is 10.0 Å². The highest BCUT2D eigenvalue weighted by Gasteiger charge is 2.32. The van der Waals surface area contributed by atoms with E-state index < -0.39 is 12.0 Å². The smallest absolute Gasteiger partial charge is 0.326 e. The van der Waals surface area contributed by atoms with Crippen molar-refractivity contribution in [2.75, 3.05) is 6.54 Å². The number of imidazole rings is 1. The molecule has 1 unspecified atom stereocenters. The molecule has 138 valence electrons. The zero-order valence-electron chi connectivity index (χ0n) is 15.1. The summed E-state index contributed by atoms with van der Waals surface area (Å²) in [7, 11) is 0. The van der Waals surface area contributed by atoms with E-state index in [9.17, 15) is 14.7 Å². The number of rotatable bonds is 3. The SMILES string of the molecule is Cc1nc2cc(C(=O)N3CCCCC3C(=O)O)ccc2n1-c1ccccc1. The number of likely N-dealkylation sites (tertiary alicyclic amines) is 1. The molecule has 1 aliphatic rings. The maximum atomic E-state index is 12.9. The van der Waals surface area contributed by atoms with Crippen LogP contribution in [0.3, 0.4) is 0 Å². The van der Waals surface area contributed by atoms with E-state index >= 15 is 0 Å². The van der Waals surface area contributed by atoms with Gasteiger partial charge in [-0.1, -0.05) is 18.2 Å². The van der Waals surface area contributed by atoms with Gasteiger partial charge in [0.15, 0.2) is 0 Å². The molecule has 1 N–H and O–H groups in total. The van der Waals surface area contributed by atoms with Gasteiger partial charge in [-0.2, -0.15) is 0 Å². The molecule has 6 nitrogen and oxygen atoms in total. The van der Waals surface area contributed by atoms with Crippen LogP contribution in [0, 0.1) is 6.92 Å². The minimum Gasteiger partial charge on any atom is -0.480 e. The second kappa shape index (κ2) is 6.87. The quantitative estimate of drug-likeness (QED) is 0.774. The summed E-state index contributed by atoms with van der Waals surface area (Å²) in [6.45, 7) is 2.41. The summed E-state index contributed by atoms with van der Waals surface area (Å²) in [5.74, 6) is -0.341. The van der Waals surface area contributed by atoms with Crippen molar-refractivity contribution in [2.24, 2.45) is 0 Å². The molecule has 0 spiro atoms. The van der Waals surface area contributed by atoms with Crippen molar-refractivity contribution in [3.05, 3.63) is 59.9 Å². The van der Waals surface area contributed by atoms with E-state index in [0.717, 1.165) is 35.4 Å². The van der Waals surface area contributed by atoms with E-state index in [1.165, 1.54) is 4.90 Å². The van der Waals surface area contributed by atoms with Crippen LogP contribution in [0.25, 0.3) is 16.7 Å². The van der Waals surface area contributed by atoms with Gasteiger partial charge in [-0.15, -0.1) is 0 Å². The van der Waals surface area contributed by atoms with Crippen molar-refractivity contribution in [1.82, 2.24) is 14.5 Å². The van der Waals surface area contributed by atoms with E-state index in [2.05, 4.69) is 4.98 Å². The number of aryl methyl sites for hydroxylation is 1. The van der Waals surface area contributed by atoms with Crippen LogP contribution in [-0.4, -0.2) is 44.0 Å². The molecular weight excluding hydrogens is 342 g/mol. The predicted molar refractivity (Wildman–Crippen MR) is 102 cm³/mol. The average molecular weight is 363 g/mol. The number of para-hydroxylation sites is 1. The Kier molecular flexibility index (Phi) is 4.39. The molecule has 0 saturated carbocycles. The van der Waals surface area contributed by atoms with Crippen LogP contribution in [0.5, 0.6) is 0 Å². The Morgan fingerprint density at radius 2 is 1.89 bits per heavy atom. The molecule has 0 radical (unpaired) electrons. The predicted octanol–water partition coefficient (Wildman–Crippen LogP) is 3.41. The summed E-state index contributed by atoms with van der Waals surface area (Å²) >= 11 is 0. The Morgan fingerprint density at radius 1 is 1.11 bits per heavy atom. The van der Waals surface area contributed by atoms with Crippen molar-refractivity contribution >= 4 is 22.9 Å². The van der Waals surface area contributed by atoms with E-state index in [-0.39, 0.29) is 5.91 Å². The lowest BCUT2D eigenvalue weighted by Gasteiger charge is -2.33. The van der Waals surface area contributed by atoms with E-state index in [4.69, 9.17) is 0 Å². The highest BCUT2D eigenvalue weighted by atomic mass is 16.4. The van der Waals surface area contributed by atoms with Crippen molar-refractivity contribution in [1.29, 1.82) is 0 Å². The first-order valence-electron chi connectivity index (χ1n) is 9.14. The van der Waals surface area contributed by atoms with Gasteiger partial charge in [0, 0.05) is 17.8 Å². The first-order valence-corrected chi connectivity index (χ1v) is 9.14. The molecule has 27 heavy (non-hydrogen) atoms. The lowest BCUT2D eigenvalue weighted by Crippen LogP contribution is -2.47. The van der Waals surface area contributed by atoms with Crippen LogP contribution in [0.2, 0.25) is 0 Å². The summed E-state index contributed by atoms with van der Waals surface area (Å²) in [4.78, 5) is 30.5. The number of carboxylic acid groups (broad SMARTS) is 1. The molecule has 1 aromatic heterocycles. The third kappa shape index (κ3) is 3.07. The molecule has 2 aromatic carbocycles. The first-order chi connectivity index (χ1) is 13.1. The van der Waals surface area contributed by atoms with Gasteiger partial charge in [0.1, 0.15) is 11.9 Å². The van der Waals surface area contributed by atoms with Gasteiger partial charge in [-0.05, 0) is 56.5 Å². The van der Waals surface area contributed by atoms with Gasteiger partial charge >= 0.3 is 5.97 Å². The first kappa shape index (κ1) is 17.3. The molecule has 4 rings (SSSR count). The van der Waals surface area contributed by atoms with Crippen molar-refractivity contribution in [2.45, 2.75) is 32.2 Å². The third-order valence-corrected chi connectivity index (χ3v) is 5.13. The number of piperidine rings is 1. The van der Waals surface area contributed by atoms with Gasteiger partial charge in [0.2, 0.25) is 0 Å². The lowest BCUT2D eigenvalue weighted by molar-refractivity contribution is -0.143. The molecule has 6 heteroatoms. The minimum atomic E-state index is -0.937. The van der Waals surface area contributed by atoms with Crippen LogP contribution in [0.15, 0.2) is 48.5 Å². The lowest BCUT2D eigenvalue weighted by atomic mass is 10.0. The fraction of sp³-hybridized carbons (Fsp3) is 0.286. The van der Waals surface area contributed by atoms with Gasteiger partial charge in [0.05, 0.1) is 11.0 Å². The number of aromatic nitrogens is 2. The zero-order valence-corrected chi connectivity index (χ0v) is 15.1. The van der Waals surface area contributed by atoms with Gasteiger partial charge in [0.25, 0.3) is 5.91 Å². The van der Waals surface area contributed by atoms with Crippen LogP contribution in [-0.2, 0) is 4.79 Å². The summed E-state index contributed by atoms with van der Waals surface area (Å²) in [5.41, 5.74) is 3.14. The largest absolute Gasteiger partial charge is 0.480 e. The maximum Gasteiger partial charge on any atom is 0.326 e. The molecule has 0 aliphatic carbocycles. The topological polar surface area (TPSA) is 75.4 Å². The summed E-state index contributed by atoms with van der Waals surface area (Å²) < 4.78 is 2.05. The van der Waals surface area contributed by atoms with E-state index in [1.807, 2.05) is 47.9 Å². The minimum absolute atomic E-state index is 0.240. The van der Waals surface area contributed by atoms with Crippen LogP contribution in [0.1, 0.15) is 35.4 Å². The highest BCUT2D eigenvalue weighted by molar-refractivity contribution is 5.99. The second-order valence-electron chi connectivity index (χ2n) is 6.88. The summed E-state index contributed by atoms with van der Waals surface area (Å²) in [5, 5.41) is 9.43. The molecule has 1 amide bonds. The summed E-state index contributed by atoms with van der Waals surface area (Å²) in [6, 6.07) is 14.6. The van der Waals surface area contributed by atoms with Crippen LogP contribution in [0.4, 0.5) is 0 Å². The molecule has 3 aromatic rings. The monoisotopic (exact) mass is 363 g/mol. The second-order valence-corrected chi connectivity index (χ2v) is 6.88. The normalized spacial score (nSPS) is 17.2. The summed E-state index contributed by atoms with van der Waals surface area (Å²) in [6.07, 6.45) is 2.17. The standard InChI is InChI=1S/C21H21N3O3/c1-14-22-17-13-15(20(25)23-12-6-5-9-19(23)21(26)27)10-11-18(17)24(14)16-7-3-2-4-8-16/h2-4,7-8,10-11,13,19H,5-6,9,12H2,1H3,(H,26,27). The van der Waals surface area contributed by atoms with Crippen molar-refractivity contribution in [3.8, 4) is 5.69 Å². The molecule has 1 fully saturated rings. The van der Waals surface area contributed by atoms with Crippen LogP contribution < -0.4 is 0 Å². The number of fused-ring (bicyclic) bond motifs is 1. The Morgan fingerprint density at radius 3 is 2.63 bits per heavy atom. The number of carboxylic acids is 1. The molecule has 0 bridgehead atoms. The maximum absolute atomic E-state index is 12.9. The van der Waals surface area contributed by atoms with Crippen molar-refractivity contribution < 1.29 is 14.7 Å². The third-order valence-electron chi connectivity index (χ3n) is 5.13. The van der Waals surface area contributed by atoms with Crippen LogP contribution >= 0.6 is 0 Å². The highest BCUT2D eigenvalue weighted by Crippen LogP contribution is 2.25. The molecule has 1 aliphatic heterocycles. The number of hydrogen-bond acceptors (Lipinski definition) is 3. The molecule has 1 atom stereocenters. The average Bonchev–Trinajstić information content (AvgIpc) is 3.02. The van der Waals surface area contributed by atoms with E-state index in [0.29, 0.717) is 18.5 Å². The molecular formula is C21H21N3O3. The number of hydrogen-bond donors (Lipinski definition) is 1. The number of nitrogens with zero attached hydrogens (tertiary/aromatic N) is 3. The Labute approximate surface area is 157 Å². The zero-order chi connectivity index (χ0) is 19.0. The number of amides is 1. The van der Waals surface area contributed by atoms with E-state index in [1.54, 1.807) is 12.1 Å². The Bertz CT molecular complexity index is 1010. The number of benzene rings is 2. The van der Waals surface area contributed by atoms with Gasteiger partial charge in [-0.25, -0.2) is 9.78 Å². The fourth-order valence-electron chi connectivity index (χ4n) is 3.83. The number of carbonyl (C=O) groups excluding carboxylic acids is 1. The fourth-order valence-corrected chi connectivity index (χ4v) is 3.83. The Hall–Kier alpha value is -3.15. The molecule has 2 heterocycles. The Balaban J connectivity index is 1.72.